The number of anilines is 4. The number of allylic oxidation sites excluding steroid dienone is 1. The lowest BCUT2D eigenvalue weighted by Crippen LogP contribution is -2.27. The number of aryl methyl sites for hydroxylation is 1. The first-order valence-corrected chi connectivity index (χ1v) is 15.9. The summed E-state index contributed by atoms with van der Waals surface area (Å²) in [5, 5.41) is 6.62. The third-order valence-electron chi connectivity index (χ3n) is 7.46. The second-order valence-corrected chi connectivity index (χ2v) is 12.8. The lowest BCUT2D eigenvalue weighted by Gasteiger charge is -2.19. The van der Waals surface area contributed by atoms with Crippen LogP contribution in [0.2, 0.25) is 0 Å². The lowest BCUT2D eigenvalue weighted by molar-refractivity contribution is -0.125. The molecule has 4 aromatic rings. The molecule has 2 heterocycles. The molecule has 0 spiro atoms. The fourth-order valence-corrected chi connectivity index (χ4v) is 5.45. The molecule has 0 aliphatic heterocycles. The number of fused-ring (bicyclic) bond motifs is 1. The summed E-state index contributed by atoms with van der Waals surface area (Å²) < 4.78 is 25.3. The van der Waals surface area contributed by atoms with E-state index < -0.39 is 10.0 Å². The van der Waals surface area contributed by atoms with E-state index in [4.69, 9.17) is 0 Å². The molecule has 0 atom stereocenters. The Balaban J connectivity index is 1.29. The number of likely N-dealkylation sites (N-methyl/N-ethyl adjacent to an activating group) is 1. The fourth-order valence-electron chi connectivity index (χ4n) is 4.97. The van der Waals surface area contributed by atoms with Crippen molar-refractivity contribution in [1.82, 2.24) is 19.9 Å². The van der Waals surface area contributed by atoms with Crippen molar-refractivity contribution in [1.29, 1.82) is 0 Å². The van der Waals surface area contributed by atoms with Gasteiger partial charge in [0, 0.05) is 56.4 Å². The van der Waals surface area contributed by atoms with Gasteiger partial charge in [0.15, 0.2) is 0 Å². The smallest absolute Gasteiger partial charge is 0.245 e. The highest BCUT2D eigenvalue weighted by Gasteiger charge is 2.18. The number of nitrogens with one attached hydrogen (secondary N) is 2. The minimum atomic E-state index is -3.46. The van der Waals surface area contributed by atoms with Crippen molar-refractivity contribution in [3.05, 3.63) is 113 Å². The summed E-state index contributed by atoms with van der Waals surface area (Å²) in [5.74, 6) is 1.32. The van der Waals surface area contributed by atoms with Crippen molar-refractivity contribution in [3.63, 3.8) is 0 Å². The van der Waals surface area contributed by atoms with E-state index in [0.29, 0.717) is 30.7 Å². The van der Waals surface area contributed by atoms with Crippen molar-refractivity contribution in [2.45, 2.75) is 26.4 Å². The van der Waals surface area contributed by atoms with E-state index in [2.05, 4.69) is 62.5 Å². The van der Waals surface area contributed by atoms with Crippen LogP contribution < -0.4 is 14.9 Å². The molecule has 0 bridgehead atoms. The summed E-state index contributed by atoms with van der Waals surface area (Å²) in [5.41, 5.74) is 8.18. The van der Waals surface area contributed by atoms with Crippen LogP contribution >= 0.6 is 0 Å². The second-order valence-electron chi connectivity index (χ2n) is 10.8. The maximum absolute atomic E-state index is 12.1. The summed E-state index contributed by atoms with van der Waals surface area (Å²) in [4.78, 5) is 27.0. The Morgan fingerprint density at radius 3 is 2.68 bits per heavy atom. The minimum Gasteiger partial charge on any atom is -0.365 e. The zero-order valence-corrected chi connectivity index (χ0v) is 26.0. The van der Waals surface area contributed by atoms with Gasteiger partial charge in [0.05, 0.1) is 6.26 Å². The van der Waals surface area contributed by atoms with Gasteiger partial charge in [-0.05, 0) is 71.5 Å². The van der Waals surface area contributed by atoms with Crippen molar-refractivity contribution in [2.24, 2.45) is 0 Å². The van der Waals surface area contributed by atoms with Gasteiger partial charge in [-0.2, -0.15) is 4.98 Å². The second kappa shape index (κ2) is 12.7. The highest BCUT2D eigenvalue weighted by atomic mass is 32.2. The molecular weight excluding hydrogens is 574 g/mol. The van der Waals surface area contributed by atoms with Crippen LogP contribution in [0.5, 0.6) is 0 Å². The van der Waals surface area contributed by atoms with E-state index in [1.807, 2.05) is 31.2 Å². The molecule has 226 valence electrons. The third-order valence-corrected chi connectivity index (χ3v) is 8.63. The number of rotatable bonds is 11. The molecule has 1 aliphatic carbocycles. The molecule has 0 saturated carbocycles. The Bertz CT molecular complexity index is 1870. The number of aromatic nitrogens is 3. The van der Waals surface area contributed by atoms with E-state index in [1.165, 1.54) is 28.6 Å². The number of carbonyl (C=O) groups excluding carboxylic acids is 1. The largest absolute Gasteiger partial charge is 0.365 e. The standard InChI is InChI=1S/C33H35N7O3S/c1-6-30(41)39(3)21-23-9-7-10-24(15-23)27-16-25-12-13-29(18-28(25)17-27)37-33-36-19-22(2)31(38-33)35-20-26-11-8-14-34-32(26)40(4)44(5,42)43/h6-15,17-19H,1,16,20-21H2,2-5H3,(H2,35,36,37,38). The molecule has 11 heteroatoms. The zero-order valence-electron chi connectivity index (χ0n) is 25.2. The van der Waals surface area contributed by atoms with Gasteiger partial charge >= 0.3 is 0 Å². The normalized spacial score (nSPS) is 12.2. The van der Waals surface area contributed by atoms with Crippen molar-refractivity contribution < 1.29 is 13.2 Å². The molecule has 0 saturated heterocycles. The van der Waals surface area contributed by atoms with E-state index in [9.17, 15) is 13.2 Å². The minimum absolute atomic E-state index is 0.108. The first kappa shape index (κ1) is 30.4. The Morgan fingerprint density at radius 1 is 1.09 bits per heavy atom. The average Bonchev–Trinajstić information content (AvgIpc) is 3.44. The monoisotopic (exact) mass is 609 g/mol. The maximum atomic E-state index is 12.1. The molecule has 1 amide bonds. The molecule has 5 rings (SSSR count). The van der Waals surface area contributed by atoms with Gasteiger partial charge in [-0.3, -0.25) is 9.10 Å². The quantitative estimate of drug-likeness (QED) is 0.224. The summed E-state index contributed by atoms with van der Waals surface area (Å²) >= 11 is 0. The van der Waals surface area contributed by atoms with Gasteiger partial charge in [0.1, 0.15) is 11.6 Å². The SMILES string of the molecule is C=CC(=O)N(C)Cc1cccc(C2=Cc3cc(Nc4ncc(C)c(NCc5cccnc5N(C)S(C)(=O)=O)n4)ccc3C2)c1. The fraction of sp³-hybridized carbons (Fsp3) is 0.212. The van der Waals surface area contributed by atoms with Crippen molar-refractivity contribution >= 4 is 50.9 Å². The number of amides is 1. The number of nitrogens with zero attached hydrogens (tertiary/aromatic N) is 5. The van der Waals surface area contributed by atoms with Gasteiger partial charge in [-0.25, -0.2) is 18.4 Å². The van der Waals surface area contributed by atoms with E-state index in [-0.39, 0.29) is 5.91 Å². The summed E-state index contributed by atoms with van der Waals surface area (Å²) in [7, 11) is -0.205. The molecular formula is C33H35N7O3S. The third kappa shape index (κ3) is 6.95. The zero-order chi connectivity index (χ0) is 31.4. The van der Waals surface area contributed by atoms with E-state index in [0.717, 1.165) is 46.2 Å². The van der Waals surface area contributed by atoms with Crippen LogP contribution in [0.25, 0.3) is 11.6 Å². The number of hydrogen-bond acceptors (Lipinski definition) is 8. The van der Waals surface area contributed by atoms with Crippen molar-refractivity contribution in [2.75, 3.05) is 35.3 Å². The first-order chi connectivity index (χ1) is 21.0. The molecule has 10 nitrogen and oxygen atoms in total. The van der Waals surface area contributed by atoms with Gasteiger partial charge in [0.2, 0.25) is 21.9 Å². The number of sulfonamides is 1. The molecule has 44 heavy (non-hydrogen) atoms. The van der Waals surface area contributed by atoms with Crippen LogP contribution in [-0.2, 0) is 34.3 Å². The first-order valence-electron chi connectivity index (χ1n) is 14.0. The highest BCUT2D eigenvalue weighted by molar-refractivity contribution is 7.92. The van der Waals surface area contributed by atoms with Crippen molar-refractivity contribution in [3.8, 4) is 0 Å². The number of carbonyl (C=O) groups is 1. The molecule has 0 fully saturated rings. The summed E-state index contributed by atoms with van der Waals surface area (Å²) in [6.07, 6.45) is 8.79. The number of benzene rings is 2. The number of pyridine rings is 1. The van der Waals surface area contributed by atoms with Gasteiger partial charge in [-0.15, -0.1) is 0 Å². The van der Waals surface area contributed by atoms with Gasteiger partial charge in [0.25, 0.3) is 0 Å². The van der Waals surface area contributed by atoms with Crippen LogP contribution in [0.15, 0.2) is 79.6 Å². The summed E-state index contributed by atoms with van der Waals surface area (Å²) in [6, 6.07) is 18.1. The Hall–Kier alpha value is -5.03. The van der Waals surface area contributed by atoms with Crippen LogP contribution in [0.4, 0.5) is 23.3 Å². The van der Waals surface area contributed by atoms with Gasteiger partial charge < -0.3 is 15.5 Å². The Labute approximate surface area is 258 Å². The van der Waals surface area contributed by atoms with E-state index >= 15 is 0 Å². The summed E-state index contributed by atoms with van der Waals surface area (Å²) in [6.45, 7) is 6.32. The molecule has 0 unspecified atom stereocenters. The van der Waals surface area contributed by atoms with Crippen LogP contribution in [0.3, 0.4) is 0 Å². The average molecular weight is 610 g/mol. The van der Waals surface area contributed by atoms with Gasteiger partial charge in [-0.1, -0.05) is 43.0 Å². The van der Waals surface area contributed by atoms with E-state index in [1.54, 1.807) is 30.4 Å². The van der Waals surface area contributed by atoms with Crippen LogP contribution in [0, 0.1) is 6.92 Å². The molecule has 1 aliphatic rings. The molecule has 2 aromatic heterocycles. The van der Waals surface area contributed by atoms with Crippen LogP contribution in [0.1, 0.15) is 33.4 Å². The highest BCUT2D eigenvalue weighted by Crippen LogP contribution is 2.34. The molecule has 0 radical (unpaired) electrons. The Morgan fingerprint density at radius 2 is 1.91 bits per heavy atom. The maximum Gasteiger partial charge on any atom is 0.245 e. The molecule has 2 aromatic carbocycles. The van der Waals surface area contributed by atoms with Crippen LogP contribution in [-0.4, -0.2) is 54.5 Å². The molecule has 2 N–H and O–H groups in total. The predicted octanol–water partition coefficient (Wildman–Crippen LogP) is 5.17. The predicted molar refractivity (Wildman–Crippen MR) is 176 cm³/mol. The topological polar surface area (TPSA) is 120 Å². The lowest BCUT2D eigenvalue weighted by atomic mass is 10.0. The number of hydrogen-bond donors (Lipinski definition) is 2. The Kier molecular flexibility index (Phi) is 8.77.